The lowest BCUT2D eigenvalue weighted by Gasteiger charge is -2.03. The number of H-pyrrole nitrogens is 1. The molecule has 3 aromatic heterocycles. The van der Waals surface area contributed by atoms with E-state index in [1.807, 2.05) is 54.6 Å². The van der Waals surface area contributed by atoms with E-state index in [-0.39, 0.29) is 5.56 Å². The number of fused-ring (bicyclic) bond motifs is 3. The number of hydrogen-bond donors (Lipinski definition) is 1. The third kappa shape index (κ3) is 2.12. The molecule has 124 valence electrons. The average molecular weight is 339 g/mol. The number of nitrogens with zero attached hydrogens (tertiary/aromatic N) is 4. The van der Waals surface area contributed by atoms with Crippen LogP contribution in [0.4, 0.5) is 0 Å². The van der Waals surface area contributed by atoms with Crippen molar-refractivity contribution in [3.05, 3.63) is 83.4 Å². The molecule has 0 atom stereocenters. The van der Waals surface area contributed by atoms with Gasteiger partial charge in [-0.3, -0.25) is 4.79 Å². The van der Waals surface area contributed by atoms with Crippen molar-refractivity contribution in [2.75, 3.05) is 0 Å². The topological polar surface area (TPSA) is 76.5 Å². The van der Waals surface area contributed by atoms with Gasteiger partial charge in [0.1, 0.15) is 5.69 Å². The SMILES string of the molecule is O=c1[nH]c2ccccc2c2c1c(-c1ccccc1)nn2-c1ncccn1. The Morgan fingerprint density at radius 2 is 1.58 bits per heavy atom. The summed E-state index contributed by atoms with van der Waals surface area (Å²) >= 11 is 0. The highest BCUT2D eigenvalue weighted by Gasteiger charge is 2.20. The van der Waals surface area contributed by atoms with E-state index >= 15 is 0 Å². The minimum Gasteiger partial charge on any atom is -0.321 e. The third-order valence-electron chi connectivity index (χ3n) is 4.33. The first-order valence-electron chi connectivity index (χ1n) is 8.19. The summed E-state index contributed by atoms with van der Waals surface area (Å²) in [6.45, 7) is 0. The summed E-state index contributed by atoms with van der Waals surface area (Å²) in [7, 11) is 0. The van der Waals surface area contributed by atoms with Gasteiger partial charge in [-0.1, -0.05) is 48.5 Å². The highest BCUT2D eigenvalue weighted by molar-refractivity contribution is 6.08. The minimum atomic E-state index is -0.181. The van der Waals surface area contributed by atoms with E-state index in [9.17, 15) is 4.79 Å². The molecule has 6 heteroatoms. The number of pyridine rings is 1. The normalized spacial score (nSPS) is 11.2. The number of para-hydroxylation sites is 1. The number of aromatic amines is 1. The highest BCUT2D eigenvalue weighted by Crippen LogP contribution is 2.30. The van der Waals surface area contributed by atoms with Gasteiger partial charge < -0.3 is 4.98 Å². The highest BCUT2D eigenvalue weighted by atomic mass is 16.1. The van der Waals surface area contributed by atoms with Crippen LogP contribution in [0.25, 0.3) is 39.0 Å². The Hall–Kier alpha value is -3.80. The van der Waals surface area contributed by atoms with E-state index in [4.69, 9.17) is 5.10 Å². The van der Waals surface area contributed by atoms with Crippen LogP contribution in [0.1, 0.15) is 0 Å². The van der Waals surface area contributed by atoms with Crippen LogP contribution in [0.3, 0.4) is 0 Å². The molecule has 0 saturated heterocycles. The molecule has 0 radical (unpaired) electrons. The Morgan fingerprint density at radius 3 is 2.38 bits per heavy atom. The van der Waals surface area contributed by atoms with Crippen molar-refractivity contribution in [2.24, 2.45) is 0 Å². The molecule has 0 unspecified atom stereocenters. The monoisotopic (exact) mass is 339 g/mol. The number of rotatable bonds is 2. The molecule has 6 nitrogen and oxygen atoms in total. The predicted octanol–water partition coefficient (Wildman–Crippen LogP) is 3.32. The van der Waals surface area contributed by atoms with Gasteiger partial charge in [0.05, 0.1) is 16.4 Å². The predicted molar refractivity (Wildman–Crippen MR) is 100 cm³/mol. The Morgan fingerprint density at radius 1 is 0.846 bits per heavy atom. The molecule has 0 spiro atoms. The number of hydrogen-bond acceptors (Lipinski definition) is 4. The lowest BCUT2D eigenvalue weighted by Crippen LogP contribution is -2.08. The van der Waals surface area contributed by atoms with Crippen LogP contribution >= 0.6 is 0 Å². The van der Waals surface area contributed by atoms with E-state index in [1.165, 1.54) is 0 Å². The van der Waals surface area contributed by atoms with Gasteiger partial charge in [-0.05, 0) is 12.1 Å². The Labute approximate surface area is 147 Å². The van der Waals surface area contributed by atoms with Crippen molar-refractivity contribution >= 4 is 21.8 Å². The van der Waals surface area contributed by atoms with E-state index in [1.54, 1.807) is 23.1 Å². The molecule has 2 aromatic carbocycles. The van der Waals surface area contributed by atoms with Gasteiger partial charge in [0, 0.05) is 23.3 Å². The fourth-order valence-electron chi connectivity index (χ4n) is 3.21. The van der Waals surface area contributed by atoms with Crippen LogP contribution in [0.5, 0.6) is 0 Å². The fourth-order valence-corrected chi connectivity index (χ4v) is 3.21. The van der Waals surface area contributed by atoms with E-state index in [2.05, 4.69) is 15.0 Å². The molecule has 0 saturated carbocycles. The van der Waals surface area contributed by atoms with Gasteiger partial charge in [-0.2, -0.15) is 9.78 Å². The largest absolute Gasteiger partial charge is 0.321 e. The van der Waals surface area contributed by atoms with Crippen molar-refractivity contribution in [3.63, 3.8) is 0 Å². The van der Waals surface area contributed by atoms with E-state index in [0.29, 0.717) is 22.5 Å². The van der Waals surface area contributed by atoms with Crippen LogP contribution in [0, 0.1) is 0 Å². The average Bonchev–Trinajstić information content (AvgIpc) is 3.11. The second kappa shape index (κ2) is 5.63. The molecule has 0 aliphatic heterocycles. The Kier molecular flexibility index (Phi) is 3.15. The molecule has 0 aliphatic rings. The zero-order chi connectivity index (χ0) is 17.5. The van der Waals surface area contributed by atoms with Crippen molar-refractivity contribution in [1.29, 1.82) is 0 Å². The second-order valence-corrected chi connectivity index (χ2v) is 5.90. The summed E-state index contributed by atoms with van der Waals surface area (Å²) in [5, 5.41) is 6.14. The number of nitrogens with one attached hydrogen (secondary N) is 1. The molecule has 0 amide bonds. The number of aromatic nitrogens is 5. The van der Waals surface area contributed by atoms with Crippen LogP contribution in [-0.4, -0.2) is 24.7 Å². The molecule has 3 heterocycles. The standard InChI is InChI=1S/C20H13N5O/c26-19-16-17(13-7-2-1-3-8-13)24-25(20-21-11-6-12-22-20)18(16)14-9-4-5-10-15(14)23-19/h1-12H,(H,23,26). The van der Waals surface area contributed by atoms with Crippen LogP contribution < -0.4 is 5.56 Å². The molecule has 1 N–H and O–H groups in total. The molecule has 26 heavy (non-hydrogen) atoms. The maximum atomic E-state index is 12.9. The quantitative estimate of drug-likeness (QED) is 0.535. The first-order valence-corrected chi connectivity index (χ1v) is 8.19. The lowest BCUT2D eigenvalue weighted by atomic mass is 10.1. The van der Waals surface area contributed by atoms with Crippen molar-refractivity contribution in [3.8, 4) is 17.2 Å². The smallest absolute Gasteiger partial charge is 0.260 e. The molecular weight excluding hydrogens is 326 g/mol. The summed E-state index contributed by atoms with van der Waals surface area (Å²) in [5.74, 6) is 0.426. The van der Waals surface area contributed by atoms with Gasteiger partial charge in [-0.15, -0.1) is 0 Å². The zero-order valence-electron chi connectivity index (χ0n) is 13.6. The van der Waals surface area contributed by atoms with E-state index in [0.717, 1.165) is 16.5 Å². The van der Waals surface area contributed by atoms with Gasteiger partial charge in [0.25, 0.3) is 11.5 Å². The first kappa shape index (κ1) is 14.5. The summed E-state index contributed by atoms with van der Waals surface area (Å²) in [5.41, 5.74) is 2.75. The van der Waals surface area contributed by atoms with Gasteiger partial charge in [0.2, 0.25) is 0 Å². The molecule has 5 rings (SSSR count). The van der Waals surface area contributed by atoms with Crippen LogP contribution in [0.2, 0.25) is 0 Å². The zero-order valence-corrected chi connectivity index (χ0v) is 13.6. The molecule has 0 fully saturated rings. The summed E-state index contributed by atoms with van der Waals surface area (Å²) in [6.07, 6.45) is 3.32. The molecule has 5 aromatic rings. The molecular formula is C20H13N5O. The fraction of sp³-hybridized carbons (Fsp3) is 0. The molecule has 0 aliphatic carbocycles. The summed E-state index contributed by atoms with van der Waals surface area (Å²) in [6, 6.07) is 19.1. The molecule has 0 bridgehead atoms. The van der Waals surface area contributed by atoms with Gasteiger partial charge in [0.15, 0.2) is 0 Å². The second-order valence-electron chi connectivity index (χ2n) is 5.90. The van der Waals surface area contributed by atoms with Gasteiger partial charge in [-0.25, -0.2) is 9.97 Å². The maximum Gasteiger partial charge on any atom is 0.260 e. The minimum absolute atomic E-state index is 0.181. The third-order valence-corrected chi connectivity index (χ3v) is 4.33. The van der Waals surface area contributed by atoms with Crippen LogP contribution in [-0.2, 0) is 0 Å². The summed E-state index contributed by atoms with van der Waals surface area (Å²) in [4.78, 5) is 24.5. The number of benzene rings is 2. The Balaban J connectivity index is 2.00. The van der Waals surface area contributed by atoms with Gasteiger partial charge >= 0.3 is 0 Å². The Bertz CT molecular complexity index is 1290. The lowest BCUT2D eigenvalue weighted by molar-refractivity contribution is 0.838. The van der Waals surface area contributed by atoms with Crippen molar-refractivity contribution < 1.29 is 0 Å². The van der Waals surface area contributed by atoms with E-state index < -0.39 is 0 Å². The summed E-state index contributed by atoms with van der Waals surface area (Å²) < 4.78 is 1.65. The maximum absolute atomic E-state index is 12.9. The van der Waals surface area contributed by atoms with Crippen molar-refractivity contribution in [2.45, 2.75) is 0 Å². The first-order chi connectivity index (χ1) is 12.8. The van der Waals surface area contributed by atoms with Crippen molar-refractivity contribution in [1.82, 2.24) is 24.7 Å². The van der Waals surface area contributed by atoms with Crippen LogP contribution in [0.15, 0.2) is 77.9 Å².